The van der Waals surface area contributed by atoms with E-state index in [-0.39, 0.29) is 0 Å². The van der Waals surface area contributed by atoms with E-state index >= 15 is 13.2 Å². The number of aryl methyl sites for hydroxylation is 4. The van der Waals surface area contributed by atoms with Crippen LogP contribution in [-0.2, 0) is 6.18 Å². The maximum absolute atomic E-state index is 15.1. The van der Waals surface area contributed by atoms with Crippen molar-refractivity contribution in [1.82, 2.24) is 24.1 Å². The third-order valence-corrected chi connectivity index (χ3v) is 12.2. The highest BCUT2D eigenvalue weighted by Gasteiger charge is 2.32. The molecular weight excluding hydrogens is 800 g/mol. The van der Waals surface area contributed by atoms with Crippen LogP contribution < -0.4 is 0 Å². The lowest BCUT2D eigenvalue weighted by molar-refractivity contribution is -0.137. The molecule has 0 unspecified atom stereocenters. The minimum Gasteiger partial charge on any atom is -0.309 e. The SMILES string of the molecule is Cc1ccc2c(c1)c1cc(C)ccc1n2-c1ccc(-c2nc(-c3ccccc3)nc(-c3ccccc3)n2)c(-c2cc(C(F)(F)F)ccc2-n2c3ccc(C)cc3c3cc(C)ccc32)c1. The molecule has 8 aromatic carbocycles. The fourth-order valence-corrected chi connectivity index (χ4v) is 9.18. The summed E-state index contributed by atoms with van der Waals surface area (Å²) in [6.45, 7) is 8.28. The van der Waals surface area contributed by atoms with E-state index in [0.29, 0.717) is 39.9 Å². The van der Waals surface area contributed by atoms with Crippen LogP contribution >= 0.6 is 0 Å². The van der Waals surface area contributed by atoms with Gasteiger partial charge in [0, 0.05) is 49.5 Å². The van der Waals surface area contributed by atoms with Crippen molar-refractivity contribution in [2.24, 2.45) is 0 Å². The van der Waals surface area contributed by atoms with E-state index in [4.69, 9.17) is 15.0 Å². The van der Waals surface area contributed by atoms with Gasteiger partial charge < -0.3 is 9.13 Å². The Labute approximate surface area is 367 Å². The van der Waals surface area contributed by atoms with Crippen molar-refractivity contribution in [3.8, 4) is 56.7 Å². The number of alkyl halides is 3. The molecule has 0 atom stereocenters. The summed E-state index contributed by atoms with van der Waals surface area (Å²) < 4.78 is 49.7. The van der Waals surface area contributed by atoms with Crippen LogP contribution in [0.5, 0.6) is 0 Å². The predicted octanol–water partition coefficient (Wildman–Crippen LogP) is 15.0. The Morgan fingerprint density at radius 1 is 0.375 bits per heavy atom. The first-order valence-electron chi connectivity index (χ1n) is 21.2. The first-order chi connectivity index (χ1) is 31.0. The van der Waals surface area contributed by atoms with E-state index in [1.165, 1.54) is 12.1 Å². The Morgan fingerprint density at radius 2 is 0.812 bits per heavy atom. The molecule has 3 heterocycles. The highest BCUT2D eigenvalue weighted by atomic mass is 19.4. The van der Waals surface area contributed by atoms with E-state index in [1.807, 2.05) is 91.0 Å². The molecule has 0 saturated heterocycles. The zero-order chi connectivity index (χ0) is 43.9. The molecule has 11 aromatic rings. The lowest BCUT2D eigenvalue weighted by atomic mass is 9.94. The Morgan fingerprint density at radius 3 is 1.27 bits per heavy atom. The predicted molar refractivity (Wildman–Crippen MR) is 254 cm³/mol. The van der Waals surface area contributed by atoms with Gasteiger partial charge >= 0.3 is 6.18 Å². The Hall–Kier alpha value is -7.84. The Kier molecular flexibility index (Phi) is 9.10. The van der Waals surface area contributed by atoms with Crippen LogP contribution in [0.1, 0.15) is 27.8 Å². The molecule has 0 radical (unpaired) electrons. The topological polar surface area (TPSA) is 48.5 Å². The zero-order valence-electron chi connectivity index (χ0n) is 35.5. The van der Waals surface area contributed by atoms with Gasteiger partial charge in [0.1, 0.15) is 0 Å². The van der Waals surface area contributed by atoms with Crippen LogP contribution in [0.3, 0.4) is 0 Å². The Balaban J connectivity index is 1.28. The van der Waals surface area contributed by atoms with Crippen LogP contribution in [-0.4, -0.2) is 24.1 Å². The second-order valence-corrected chi connectivity index (χ2v) is 16.8. The monoisotopic (exact) mass is 839 g/mol. The van der Waals surface area contributed by atoms with Crippen molar-refractivity contribution in [1.29, 1.82) is 0 Å². The van der Waals surface area contributed by atoms with E-state index < -0.39 is 11.7 Å². The molecule has 8 heteroatoms. The molecule has 64 heavy (non-hydrogen) atoms. The van der Waals surface area contributed by atoms with Crippen LogP contribution in [0.4, 0.5) is 13.2 Å². The summed E-state index contributed by atoms with van der Waals surface area (Å²) >= 11 is 0. The second-order valence-electron chi connectivity index (χ2n) is 16.8. The summed E-state index contributed by atoms with van der Waals surface area (Å²) in [5.74, 6) is 1.23. The number of benzene rings is 8. The van der Waals surface area contributed by atoms with Crippen molar-refractivity contribution >= 4 is 43.6 Å². The van der Waals surface area contributed by atoms with Crippen molar-refractivity contribution in [2.45, 2.75) is 33.9 Å². The van der Waals surface area contributed by atoms with E-state index in [1.54, 1.807) is 6.07 Å². The summed E-state index contributed by atoms with van der Waals surface area (Å²) in [7, 11) is 0. The van der Waals surface area contributed by atoms with Crippen LogP contribution in [0, 0.1) is 27.7 Å². The molecule has 11 rings (SSSR count). The van der Waals surface area contributed by atoms with Crippen molar-refractivity contribution in [3.05, 3.63) is 198 Å². The average Bonchev–Trinajstić information content (AvgIpc) is 3.79. The largest absolute Gasteiger partial charge is 0.416 e. The van der Waals surface area contributed by atoms with Gasteiger partial charge in [0.2, 0.25) is 0 Å². The molecule has 0 aliphatic heterocycles. The summed E-state index contributed by atoms with van der Waals surface area (Å²) in [5.41, 5.74) is 11.8. The molecule has 5 nitrogen and oxygen atoms in total. The number of hydrogen-bond acceptors (Lipinski definition) is 3. The Bertz CT molecular complexity index is 3460. The molecule has 0 fully saturated rings. The first-order valence-corrected chi connectivity index (χ1v) is 21.2. The number of halogens is 3. The van der Waals surface area contributed by atoms with Crippen LogP contribution in [0.2, 0.25) is 0 Å². The molecule has 310 valence electrons. The lowest BCUT2D eigenvalue weighted by Gasteiger charge is -2.20. The maximum Gasteiger partial charge on any atom is 0.416 e. The number of rotatable bonds is 6. The standard InChI is InChI=1S/C56H40F3N5/c1-33-15-22-48-43(27-33)44-28-34(2)16-23-49(44)63(48)40-20-21-41(55-61-53(37-11-7-5-8-12-37)60-54(62-55)38-13-9-6-10-14-38)42(32-40)47-31-39(56(57,58)59)19-26-52(47)64-50-24-17-35(3)29-45(50)46-30-36(4)18-25-51(46)64/h5-32H,1-4H3. The lowest BCUT2D eigenvalue weighted by Crippen LogP contribution is -2.08. The van der Waals surface area contributed by atoms with Gasteiger partial charge in [-0.2, -0.15) is 13.2 Å². The normalized spacial score (nSPS) is 12.0. The van der Waals surface area contributed by atoms with Gasteiger partial charge in [-0.05, 0) is 118 Å². The minimum absolute atomic E-state index is 0.333. The van der Waals surface area contributed by atoms with Crippen LogP contribution in [0.25, 0.3) is 100 Å². The summed E-state index contributed by atoms with van der Waals surface area (Å²) in [4.78, 5) is 15.2. The summed E-state index contributed by atoms with van der Waals surface area (Å²) in [6.07, 6.45) is -4.63. The van der Waals surface area contributed by atoms with Crippen LogP contribution in [0.15, 0.2) is 170 Å². The second kappa shape index (κ2) is 14.9. The number of aromatic nitrogens is 5. The summed E-state index contributed by atoms with van der Waals surface area (Å²) in [6, 6.07) is 54.8. The van der Waals surface area contributed by atoms with Gasteiger partial charge in [-0.25, -0.2) is 15.0 Å². The smallest absolute Gasteiger partial charge is 0.309 e. The van der Waals surface area contributed by atoms with Gasteiger partial charge in [0.15, 0.2) is 17.5 Å². The van der Waals surface area contributed by atoms with E-state index in [9.17, 15) is 0 Å². The third kappa shape index (κ3) is 6.61. The fraction of sp³-hybridized carbons (Fsp3) is 0.0893. The number of hydrogen-bond donors (Lipinski definition) is 0. The van der Waals surface area contributed by atoms with Crippen molar-refractivity contribution in [3.63, 3.8) is 0 Å². The quantitative estimate of drug-likeness (QED) is 0.168. The molecule has 0 spiro atoms. The molecule has 0 N–H and O–H groups in total. The molecule has 0 bridgehead atoms. The fourth-order valence-electron chi connectivity index (χ4n) is 9.18. The molecule has 3 aromatic heterocycles. The highest BCUT2D eigenvalue weighted by molar-refractivity contribution is 6.11. The molecule has 0 aliphatic carbocycles. The average molecular weight is 840 g/mol. The number of nitrogens with zero attached hydrogens (tertiary/aromatic N) is 5. The van der Waals surface area contributed by atoms with E-state index in [0.717, 1.165) is 82.7 Å². The number of fused-ring (bicyclic) bond motifs is 6. The third-order valence-electron chi connectivity index (χ3n) is 12.2. The van der Waals surface area contributed by atoms with Crippen molar-refractivity contribution < 1.29 is 13.2 Å². The zero-order valence-corrected chi connectivity index (χ0v) is 35.5. The maximum atomic E-state index is 15.1. The van der Waals surface area contributed by atoms with Gasteiger partial charge in [-0.3, -0.25) is 0 Å². The molecule has 0 amide bonds. The molecular formula is C56H40F3N5. The molecule has 0 aliphatic rings. The van der Waals surface area contributed by atoms with Gasteiger partial charge in [-0.1, -0.05) is 107 Å². The highest BCUT2D eigenvalue weighted by Crippen LogP contribution is 2.44. The minimum atomic E-state index is -4.63. The van der Waals surface area contributed by atoms with Gasteiger partial charge in [-0.15, -0.1) is 0 Å². The first kappa shape index (κ1) is 39.0. The molecule has 0 saturated carbocycles. The van der Waals surface area contributed by atoms with Gasteiger partial charge in [0.05, 0.1) is 33.3 Å². The van der Waals surface area contributed by atoms with E-state index in [2.05, 4.69) is 97.5 Å². The summed E-state index contributed by atoms with van der Waals surface area (Å²) in [5, 5.41) is 4.23. The van der Waals surface area contributed by atoms with Crippen molar-refractivity contribution in [2.75, 3.05) is 0 Å². The van der Waals surface area contributed by atoms with Gasteiger partial charge in [0.25, 0.3) is 0 Å².